The first-order valence-electron chi connectivity index (χ1n) is 13.1. The summed E-state index contributed by atoms with van der Waals surface area (Å²) in [6.45, 7) is -0.409. The molecular weight excluding hydrogens is 561 g/mol. The smallest absolute Gasteiger partial charge is 0.338 e. The molecule has 1 heterocycles. The van der Waals surface area contributed by atoms with Gasteiger partial charge in [0.2, 0.25) is 11.8 Å². The predicted molar refractivity (Wildman–Crippen MR) is 153 cm³/mol. The Hall–Kier alpha value is -4.26. The molecule has 0 aromatic heterocycles. The van der Waals surface area contributed by atoms with Gasteiger partial charge in [0, 0.05) is 5.56 Å². The molecule has 0 unspecified atom stereocenters. The Morgan fingerprint density at radius 2 is 1.07 bits per heavy atom. The summed E-state index contributed by atoms with van der Waals surface area (Å²) in [5, 5.41) is 0. The number of esters is 1. The number of hydrogen-bond donors (Lipinski definition) is 0. The molecule has 202 valence electrons. The molecule has 2 bridgehead atoms. The van der Waals surface area contributed by atoms with Gasteiger partial charge in [-0.15, -0.1) is 23.2 Å². The van der Waals surface area contributed by atoms with Gasteiger partial charge in [-0.2, -0.15) is 0 Å². The van der Waals surface area contributed by atoms with Gasteiger partial charge >= 0.3 is 5.97 Å². The summed E-state index contributed by atoms with van der Waals surface area (Å²) in [6, 6.07) is 29.4. The summed E-state index contributed by atoms with van der Waals surface area (Å²) in [5.74, 6) is -3.77. The number of hydrogen-bond acceptors (Lipinski definition) is 5. The second-order valence-electron chi connectivity index (χ2n) is 10.4. The van der Waals surface area contributed by atoms with Crippen molar-refractivity contribution in [2.75, 3.05) is 11.5 Å². The number of benzene rings is 4. The number of carbonyl (C=O) groups excluding carboxylic acids is 4. The van der Waals surface area contributed by atoms with Crippen molar-refractivity contribution in [3.05, 3.63) is 137 Å². The van der Waals surface area contributed by atoms with Crippen LogP contribution in [0.5, 0.6) is 0 Å². The van der Waals surface area contributed by atoms with Gasteiger partial charge in [-0.1, -0.05) is 78.9 Å². The fourth-order valence-corrected chi connectivity index (χ4v) is 7.69. The highest BCUT2D eigenvalue weighted by Gasteiger charge is 2.73. The van der Waals surface area contributed by atoms with Crippen LogP contribution in [0.2, 0.25) is 0 Å². The molecule has 2 amide bonds. The number of ether oxygens (including phenoxy) is 1. The predicted octanol–water partition coefficient (Wildman–Crippen LogP) is 5.82. The fraction of sp³-hybridized carbons (Fsp3) is 0.152. The summed E-state index contributed by atoms with van der Waals surface area (Å²) in [6.07, 6.45) is 0. The Morgan fingerprint density at radius 1 is 0.634 bits per heavy atom. The van der Waals surface area contributed by atoms with E-state index < -0.39 is 46.0 Å². The van der Waals surface area contributed by atoms with E-state index in [1.807, 2.05) is 48.5 Å². The van der Waals surface area contributed by atoms with Gasteiger partial charge < -0.3 is 4.74 Å². The number of carbonyl (C=O) groups is 4. The second kappa shape index (κ2) is 9.13. The molecule has 3 aliphatic carbocycles. The lowest BCUT2D eigenvalue weighted by molar-refractivity contribution is -0.122. The van der Waals surface area contributed by atoms with Gasteiger partial charge in [-0.25, -0.2) is 9.69 Å². The molecule has 4 aromatic carbocycles. The quantitative estimate of drug-likeness (QED) is 0.128. The molecule has 1 aliphatic heterocycles. The molecule has 41 heavy (non-hydrogen) atoms. The minimum Gasteiger partial charge on any atom is -0.454 e. The Kier molecular flexibility index (Phi) is 5.72. The number of alkyl halides is 2. The maximum absolute atomic E-state index is 14.1. The summed E-state index contributed by atoms with van der Waals surface area (Å²) in [7, 11) is 0. The lowest BCUT2D eigenvalue weighted by Gasteiger charge is -2.54. The SMILES string of the molecule is O=C(COC(=O)c1ccc(N2C(=O)[C@H]3[C@H](C2=O)C2(Cl)c4ccccc4C3(Cl)c3ccccc32)cc1)c1ccccc1. The normalized spacial score (nSPS) is 25.4. The number of halogens is 2. The van der Waals surface area contributed by atoms with E-state index in [1.165, 1.54) is 24.3 Å². The Balaban J connectivity index is 1.20. The number of imide groups is 1. The van der Waals surface area contributed by atoms with Gasteiger partial charge in [0.05, 0.1) is 23.1 Å². The van der Waals surface area contributed by atoms with E-state index in [2.05, 4.69) is 0 Å². The van der Waals surface area contributed by atoms with E-state index in [0.717, 1.165) is 27.2 Å². The highest BCUT2D eigenvalue weighted by atomic mass is 35.5. The van der Waals surface area contributed by atoms with Gasteiger partial charge in [-0.05, 0) is 46.5 Å². The monoisotopic (exact) mass is 581 g/mol. The molecule has 1 saturated heterocycles. The van der Waals surface area contributed by atoms with Crippen LogP contribution in [0.15, 0.2) is 103 Å². The molecule has 6 nitrogen and oxygen atoms in total. The van der Waals surface area contributed by atoms with Crippen molar-refractivity contribution in [2.24, 2.45) is 11.8 Å². The molecule has 8 rings (SSSR count). The van der Waals surface area contributed by atoms with Crippen molar-refractivity contribution in [1.29, 1.82) is 0 Å². The zero-order chi connectivity index (χ0) is 28.5. The van der Waals surface area contributed by atoms with Crippen LogP contribution in [-0.4, -0.2) is 30.2 Å². The van der Waals surface area contributed by atoms with Crippen LogP contribution in [-0.2, 0) is 24.1 Å². The van der Waals surface area contributed by atoms with E-state index in [1.54, 1.807) is 30.3 Å². The van der Waals surface area contributed by atoms with Crippen molar-refractivity contribution in [3.63, 3.8) is 0 Å². The second-order valence-corrected chi connectivity index (χ2v) is 11.6. The van der Waals surface area contributed by atoms with Crippen LogP contribution in [0.25, 0.3) is 0 Å². The number of ketones is 1. The first-order valence-corrected chi connectivity index (χ1v) is 13.8. The topological polar surface area (TPSA) is 80.8 Å². The van der Waals surface area contributed by atoms with Crippen LogP contribution in [0.1, 0.15) is 43.0 Å². The maximum Gasteiger partial charge on any atom is 0.338 e. The molecule has 0 radical (unpaired) electrons. The van der Waals surface area contributed by atoms with E-state index in [9.17, 15) is 19.2 Å². The highest BCUT2D eigenvalue weighted by Crippen LogP contribution is 2.69. The first-order chi connectivity index (χ1) is 19.8. The van der Waals surface area contributed by atoms with Crippen molar-refractivity contribution in [1.82, 2.24) is 0 Å². The third kappa shape index (κ3) is 3.44. The number of rotatable bonds is 5. The minimum absolute atomic E-state index is 0.175. The van der Waals surface area contributed by atoms with E-state index >= 15 is 0 Å². The van der Waals surface area contributed by atoms with Crippen LogP contribution in [0.4, 0.5) is 5.69 Å². The molecule has 8 heteroatoms. The van der Waals surface area contributed by atoms with E-state index in [0.29, 0.717) is 11.3 Å². The van der Waals surface area contributed by atoms with Gasteiger partial charge in [0.15, 0.2) is 12.4 Å². The average molecular weight is 582 g/mol. The molecule has 2 atom stereocenters. The molecule has 0 saturated carbocycles. The highest BCUT2D eigenvalue weighted by molar-refractivity contribution is 6.38. The van der Waals surface area contributed by atoms with Crippen LogP contribution in [0, 0.1) is 11.8 Å². The number of anilines is 1. The number of amides is 2. The van der Waals surface area contributed by atoms with Gasteiger partial charge in [-0.3, -0.25) is 14.4 Å². The van der Waals surface area contributed by atoms with Crippen LogP contribution in [0.3, 0.4) is 0 Å². The first kappa shape index (κ1) is 25.7. The van der Waals surface area contributed by atoms with Crippen molar-refractivity contribution in [3.8, 4) is 0 Å². The lowest BCUT2D eigenvalue weighted by Crippen LogP contribution is -2.57. The maximum atomic E-state index is 14.1. The van der Waals surface area contributed by atoms with Gasteiger partial charge in [0.1, 0.15) is 9.75 Å². The zero-order valence-electron chi connectivity index (χ0n) is 21.4. The zero-order valence-corrected chi connectivity index (χ0v) is 22.9. The van der Waals surface area contributed by atoms with Crippen LogP contribution < -0.4 is 4.90 Å². The molecule has 0 spiro atoms. The summed E-state index contributed by atoms with van der Waals surface area (Å²) >= 11 is 14.9. The third-order valence-corrected chi connectivity index (χ3v) is 9.66. The van der Waals surface area contributed by atoms with Gasteiger partial charge in [0.25, 0.3) is 0 Å². The van der Waals surface area contributed by atoms with Crippen molar-refractivity contribution < 1.29 is 23.9 Å². The summed E-state index contributed by atoms with van der Waals surface area (Å²) < 4.78 is 5.19. The number of nitrogens with zero attached hydrogens (tertiary/aromatic N) is 1. The lowest BCUT2D eigenvalue weighted by atomic mass is 9.54. The van der Waals surface area contributed by atoms with E-state index in [4.69, 9.17) is 27.9 Å². The standard InChI is InChI=1S/C33H21Cl2NO5/c34-32-22-10-4-5-11-23(22)33(35,25-13-7-6-12-24(25)32)28-27(32)29(38)36(30(28)39)21-16-14-20(15-17-21)31(40)41-18-26(37)19-8-2-1-3-9-19/h1-17,27-28H,18H2/t27-,28-,32?,33?/m1/s1. The van der Waals surface area contributed by atoms with E-state index in [-0.39, 0.29) is 11.3 Å². The molecule has 4 aromatic rings. The Labute approximate surface area is 245 Å². The molecule has 0 N–H and O–H groups in total. The Bertz CT molecular complexity index is 1650. The molecular formula is C33H21Cl2NO5. The third-order valence-electron chi connectivity index (χ3n) is 8.38. The summed E-state index contributed by atoms with van der Waals surface area (Å²) in [4.78, 5) is 51.6. The van der Waals surface area contributed by atoms with Crippen LogP contribution >= 0.6 is 23.2 Å². The Morgan fingerprint density at radius 3 is 1.54 bits per heavy atom. The fourth-order valence-electron chi connectivity index (χ4n) is 6.59. The number of Topliss-reactive ketones (excluding diaryl/α,β-unsaturated/α-hetero) is 1. The molecule has 1 fully saturated rings. The largest absolute Gasteiger partial charge is 0.454 e. The summed E-state index contributed by atoms with van der Waals surface area (Å²) in [5.41, 5.74) is 3.81. The minimum atomic E-state index is -1.27. The average Bonchev–Trinajstić information content (AvgIpc) is 3.29. The molecule has 4 aliphatic rings. The van der Waals surface area contributed by atoms with Crippen molar-refractivity contribution >= 4 is 52.5 Å². The van der Waals surface area contributed by atoms with Crippen molar-refractivity contribution in [2.45, 2.75) is 9.75 Å².